The molecule has 1 aromatic carbocycles. The monoisotopic (exact) mass is 658 g/mol. The Morgan fingerprint density at radius 3 is 2.44 bits per heavy atom. The maximum Gasteiger partial charge on any atom is 0.316 e. The van der Waals surface area contributed by atoms with E-state index in [1.54, 1.807) is 11.8 Å². The lowest BCUT2D eigenvalue weighted by Crippen LogP contribution is -2.63. The fraction of sp³-hybridized carbons (Fsp3) is 0.771. The fourth-order valence-electron chi connectivity index (χ4n) is 9.90. The Kier molecular flexibility index (Phi) is 9.09. The van der Waals surface area contributed by atoms with Crippen molar-refractivity contribution in [2.24, 2.45) is 34.0 Å². The van der Waals surface area contributed by atoms with Crippen molar-refractivity contribution in [3.63, 3.8) is 0 Å². The summed E-state index contributed by atoms with van der Waals surface area (Å²) < 4.78 is 6.44. The molecule has 0 radical (unpaired) electrons. The zero-order valence-electron chi connectivity index (χ0n) is 27.3. The second-order valence-electron chi connectivity index (χ2n) is 15.0. The Morgan fingerprint density at radius 2 is 1.76 bits per heavy atom. The van der Waals surface area contributed by atoms with Crippen molar-refractivity contribution in [3.05, 3.63) is 33.1 Å². The van der Waals surface area contributed by atoms with Gasteiger partial charge in [0.15, 0.2) is 0 Å². The number of Topliss-reactive ketones (excluding diaryl/α,β-unsaturated/α-hetero) is 1. The van der Waals surface area contributed by atoms with E-state index in [-0.39, 0.29) is 56.8 Å². The number of rotatable bonds is 7. The van der Waals surface area contributed by atoms with Gasteiger partial charge in [0.05, 0.1) is 11.9 Å². The maximum atomic E-state index is 13.7. The average molecular weight is 659 g/mol. The zero-order valence-corrected chi connectivity index (χ0v) is 29.0. The molecular weight excluding hydrogens is 609 g/mol. The minimum Gasteiger partial charge on any atom is -0.461 e. The molecule has 0 spiro atoms. The van der Waals surface area contributed by atoms with Crippen molar-refractivity contribution in [2.75, 3.05) is 53.2 Å². The molecule has 2 bridgehead atoms. The van der Waals surface area contributed by atoms with Crippen LogP contribution in [0, 0.1) is 34.0 Å². The summed E-state index contributed by atoms with van der Waals surface area (Å²) in [5, 5.41) is 11.9. The number of carbonyl (C=O) groups excluding carboxylic acids is 2. The molecule has 0 aromatic heterocycles. The summed E-state index contributed by atoms with van der Waals surface area (Å²) in [5.74, 6) is 1.93. The van der Waals surface area contributed by atoms with Crippen LogP contribution in [0.5, 0.6) is 0 Å². The topological polar surface area (TPSA) is 104 Å². The highest BCUT2D eigenvalue weighted by molar-refractivity contribution is 8.00. The van der Waals surface area contributed by atoms with Crippen LogP contribution in [0.2, 0.25) is 0 Å². The molecule has 5 fully saturated rings. The van der Waals surface area contributed by atoms with E-state index in [2.05, 4.69) is 37.1 Å². The number of ketones is 1. The van der Waals surface area contributed by atoms with E-state index in [4.69, 9.17) is 4.74 Å². The van der Waals surface area contributed by atoms with Gasteiger partial charge in [0.25, 0.3) is 10.9 Å². The lowest BCUT2D eigenvalue weighted by Gasteiger charge is -2.61. The Hall–Kier alpha value is -1.78. The van der Waals surface area contributed by atoms with Gasteiger partial charge in [0.2, 0.25) is 0 Å². The first-order valence-corrected chi connectivity index (χ1v) is 19.1. The zero-order chi connectivity index (χ0) is 32.3. The molecule has 2 aliphatic heterocycles. The van der Waals surface area contributed by atoms with Crippen LogP contribution in [0.15, 0.2) is 22.2 Å². The molecule has 45 heavy (non-hydrogen) atoms. The smallest absolute Gasteiger partial charge is 0.316 e. The van der Waals surface area contributed by atoms with Crippen molar-refractivity contribution in [2.45, 2.75) is 90.1 Å². The average Bonchev–Trinajstić information content (AvgIpc) is 3.40. The van der Waals surface area contributed by atoms with Gasteiger partial charge in [0.1, 0.15) is 23.3 Å². The molecular formula is C35H50N2O6S2. The van der Waals surface area contributed by atoms with Gasteiger partial charge in [-0.15, -0.1) is 18.3 Å². The highest BCUT2D eigenvalue weighted by Crippen LogP contribution is 2.68. The van der Waals surface area contributed by atoms with Gasteiger partial charge < -0.3 is 19.6 Å². The Morgan fingerprint density at radius 1 is 1.07 bits per heavy atom. The van der Waals surface area contributed by atoms with Crippen LogP contribution in [0.4, 0.5) is 11.4 Å². The number of anilines is 2. The molecule has 5 aliphatic rings. The summed E-state index contributed by atoms with van der Waals surface area (Å²) in [7, 11) is 0. The predicted octanol–water partition coefficient (Wildman–Crippen LogP) is 4.44. The van der Waals surface area contributed by atoms with E-state index in [0.717, 1.165) is 63.2 Å². The van der Waals surface area contributed by atoms with Crippen molar-refractivity contribution >= 4 is 46.7 Å². The number of thioether (sulfide) groups is 2. The third kappa shape index (κ3) is 5.33. The first kappa shape index (κ1) is 33.1. The SMILES string of the molecule is C=C[C@]1(C)C[C@@H](OC(=O)CSC2CCCN(c3c(N4CCSCC4)c(=O)c3=O)C2)[C@]2(C)[C@H](C)CC[C@]3(CCC(=O)[C@H]32)[C@@H](C)[C@@H]1O. The molecule has 248 valence electrons. The molecule has 0 amide bonds. The van der Waals surface area contributed by atoms with E-state index in [1.807, 2.05) is 24.8 Å². The Bertz CT molecular complexity index is 1400. The number of hydrogen-bond donors (Lipinski definition) is 1. The third-order valence-electron chi connectivity index (χ3n) is 12.9. The van der Waals surface area contributed by atoms with E-state index >= 15 is 0 Å². The summed E-state index contributed by atoms with van der Waals surface area (Å²) in [5.41, 5.74) is -1.08. The van der Waals surface area contributed by atoms with E-state index in [9.17, 15) is 24.3 Å². The van der Waals surface area contributed by atoms with Crippen molar-refractivity contribution in [3.8, 4) is 0 Å². The summed E-state index contributed by atoms with van der Waals surface area (Å²) in [6, 6.07) is 0. The normalized spacial score (nSPS) is 40.5. The van der Waals surface area contributed by atoms with Crippen molar-refractivity contribution in [1.29, 1.82) is 0 Å². The molecule has 9 atom stereocenters. The molecule has 3 aliphatic carbocycles. The molecule has 8 nitrogen and oxygen atoms in total. The number of aliphatic hydroxyl groups is 1. The van der Waals surface area contributed by atoms with Gasteiger partial charge in [-0.3, -0.25) is 19.2 Å². The highest BCUT2D eigenvalue weighted by Gasteiger charge is 2.68. The molecule has 2 saturated heterocycles. The number of ether oxygens (including phenoxy) is 1. The largest absolute Gasteiger partial charge is 0.461 e. The quantitative estimate of drug-likeness (QED) is 0.257. The number of carbonyl (C=O) groups is 2. The van der Waals surface area contributed by atoms with E-state index < -0.39 is 23.0 Å². The Labute approximate surface area is 275 Å². The second-order valence-corrected chi connectivity index (χ2v) is 17.6. The van der Waals surface area contributed by atoms with Gasteiger partial charge in [-0.25, -0.2) is 0 Å². The number of piperidine rings is 1. The highest BCUT2D eigenvalue weighted by atomic mass is 32.2. The minimum atomic E-state index is -0.686. The number of aliphatic hydroxyl groups excluding tert-OH is 1. The van der Waals surface area contributed by atoms with Gasteiger partial charge in [-0.05, 0) is 55.8 Å². The maximum absolute atomic E-state index is 13.7. The predicted molar refractivity (Wildman–Crippen MR) is 183 cm³/mol. The number of nitrogens with zero attached hydrogens (tertiary/aromatic N) is 2. The van der Waals surface area contributed by atoms with Gasteiger partial charge in [-0.2, -0.15) is 11.8 Å². The van der Waals surface area contributed by atoms with Crippen molar-refractivity contribution in [1.82, 2.24) is 0 Å². The fourth-order valence-corrected chi connectivity index (χ4v) is 11.9. The molecule has 10 heteroatoms. The molecule has 1 aromatic rings. The third-order valence-corrected chi connectivity index (χ3v) is 15.1. The summed E-state index contributed by atoms with van der Waals surface area (Å²) in [6.07, 6.45) is 6.02. The van der Waals surface area contributed by atoms with Crippen LogP contribution in [0.25, 0.3) is 0 Å². The van der Waals surface area contributed by atoms with Crippen LogP contribution in [-0.4, -0.2) is 77.8 Å². The molecule has 6 rings (SSSR count). The molecule has 2 heterocycles. The molecule has 1 unspecified atom stereocenters. The van der Waals surface area contributed by atoms with Crippen LogP contribution in [0.1, 0.15) is 72.6 Å². The van der Waals surface area contributed by atoms with Crippen LogP contribution >= 0.6 is 23.5 Å². The van der Waals surface area contributed by atoms with Crippen molar-refractivity contribution < 1.29 is 19.4 Å². The first-order chi connectivity index (χ1) is 21.4. The van der Waals surface area contributed by atoms with Crippen LogP contribution in [0.3, 0.4) is 0 Å². The standard InChI is InChI=1S/C35H50N2O6S2/c1-6-33(4)18-25(34(5)21(2)9-11-35(22(3)32(33)42)12-10-24(38)31(34)35)43-26(39)20-45-23-8-7-13-37(19-23)28-27(29(40)30(28)41)36-14-16-44-17-15-36/h6,21-23,25,31-32,42H,1,7-20H2,2-5H3/t21-,22+,23?,25-,31+,32+,33-,34+,35+/m1/s1. The minimum absolute atomic E-state index is 0.0625. The number of hydrogen-bond acceptors (Lipinski definition) is 10. The van der Waals surface area contributed by atoms with Gasteiger partial charge >= 0.3 is 5.97 Å². The van der Waals surface area contributed by atoms with E-state index in [0.29, 0.717) is 30.8 Å². The summed E-state index contributed by atoms with van der Waals surface area (Å²) >= 11 is 3.43. The van der Waals surface area contributed by atoms with E-state index in [1.165, 1.54) is 0 Å². The van der Waals surface area contributed by atoms with Crippen LogP contribution < -0.4 is 20.7 Å². The Balaban J connectivity index is 1.18. The van der Waals surface area contributed by atoms with Gasteiger partial charge in [-0.1, -0.05) is 33.8 Å². The number of esters is 1. The lowest BCUT2D eigenvalue weighted by molar-refractivity contribution is -0.205. The first-order valence-electron chi connectivity index (χ1n) is 16.9. The molecule has 1 N–H and O–H groups in total. The second kappa shape index (κ2) is 12.3. The van der Waals surface area contributed by atoms with Gasteiger partial charge in [0, 0.05) is 66.1 Å². The lowest BCUT2D eigenvalue weighted by atomic mass is 9.44. The van der Waals surface area contributed by atoms with Crippen LogP contribution in [-0.2, 0) is 14.3 Å². The summed E-state index contributed by atoms with van der Waals surface area (Å²) in [4.78, 5) is 56.8. The molecule has 3 saturated carbocycles. The summed E-state index contributed by atoms with van der Waals surface area (Å²) in [6.45, 7) is 15.5.